The van der Waals surface area contributed by atoms with Gasteiger partial charge in [-0.15, -0.1) is 0 Å². The molecule has 4 aromatic rings. The zero-order valence-electron chi connectivity index (χ0n) is 17.3. The first kappa shape index (κ1) is 21.9. The summed E-state index contributed by atoms with van der Waals surface area (Å²) in [7, 11) is 0. The van der Waals surface area contributed by atoms with Crippen LogP contribution in [0, 0.1) is 0 Å². The van der Waals surface area contributed by atoms with Gasteiger partial charge in [0.1, 0.15) is 0 Å². The van der Waals surface area contributed by atoms with E-state index in [4.69, 9.17) is 28.3 Å². The number of rotatable bonds is 6. The lowest BCUT2D eigenvalue weighted by molar-refractivity contribution is 0.0697. The molecule has 0 amide bonds. The second-order valence-corrected chi connectivity index (χ2v) is 8.44. The van der Waals surface area contributed by atoms with E-state index in [1.807, 2.05) is 54.6 Å². The first-order chi connectivity index (χ1) is 15.4. The van der Waals surface area contributed by atoms with Crippen LogP contribution in [0.4, 0.5) is 5.69 Å². The smallest absolute Gasteiger partial charge is 0.335 e. The van der Waals surface area contributed by atoms with Crippen molar-refractivity contribution in [2.75, 3.05) is 5.32 Å². The van der Waals surface area contributed by atoms with Crippen LogP contribution >= 0.6 is 23.2 Å². The van der Waals surface area contributed by atoms with Gasteiger partial charge in [-0.25, -0.2) is 4.79 Å². The SMILES string of the molecule is CC(Nc1ccc(-c2ccc(Cl)cc2)cc1)c1ccc(Cl)cc1-c1ccc(C(=O)O)cc1. The van der Waals surface area contributed by atoms with Crippen LogP contribution in [0.25, 0.3) is 22.3 Å². The van der Waals surface area contributed by atoms with Crippen molar-refractivity contribution in [3.63, 3.8) is 0 Å². The molecule has 0 radical (unpaired) electrons. The molecule has 0 aliphatic heterocycles. The number of nitrogens with one attached hydrogen (secondary N) is 1. The predicted octanol–water partition coefficient (Wildman–Crippen LogP) is 8.20. The number of benzene rings is 4. The van der Waals surface area contributed by atoms with Gasteiger partial charge in [-0.1, -0.05) is 65.7 Å². The summed E-state index contributed by atoms with van der Waals surface area (Å²) >= 11 is 12.3. The maximum Gasteiger partial charge on any atom is 0.335 e. The molecule has 0 saturated carbocycles. The van der Waals surface area contributed by atoms with Crippen LogP contribution in [0.3, 0.4) is 0 Å². The molecule has 160 valence electrons. The van der Waals surface area contributed by atoms with Gasteiger partial charge in [0, 0.05) is 21.8 Å². The number of aromatic carboxylic acids is 1. The van der Waals surface area contributed by atoms with Gasteiger partial charge in [0.05, 0.1) is 5.56 Å². The van der Waals surface area contributed by atoms with Crippen LogP contribution in [-0.4, -0.2) is 11.1 Å². The highest BCUT2D eigenvalue weighted by Crippen LogP contribution is 2.33. The van der Waals surface area contributed by atoms with Gasteiger partial charge >= 0.3 is 5.97 Å². The molecule has 0 bridgehead atoms. The Morgan fingerprint density at radius 1 is 0.750 bits per heavy atom. The number of carboxylic acids is 1. The fraction of sp³-hybridized carbons (Fsp3) is 0.0741. The van der Waals surface area contributed by atoms with E-state index in [1.165, 1.54) is 0 Å². The van der Waals surface area contributed by atoms with Gasteiger partial charge in [0.15, 0.2) is 0 Å². The first-order valence-corrected chi connectivity index (χ1v) is 10.9. The maximum atomic E-state index is 11.2. The highest BCUT2D eigenvalue weighted by molar-refractivity contribution is 6.31. The fourth-order valence-corrected chi connectivity index (χ4v) is 3.98. The Balaban J connectivity index is 1.57. The molecular formula is C27H21Cl2NO2. The molecular weight excluding hydrogens is 441 g/mol. The maximum absolute atomic E-state index is 11.2. The summed E-state index contributed by atoms with van der Waals surface area (Å²) in [5.41, 5.74) is 6.43. The van der Waals surface area contributed by atoms with Crippen LogP contribution in [0.5, 0.6) is 0 Å². The number of hydrogen-bond donors (Lipinski definition) is 2. The summed E-state index contributed by atoms with van der Waals surface area (Å²) in [6, 6.07) is 28.7. The molecule has 0 aliphatic carbocycles. The van der Waals surface area contributed by atoms with Gasteiger partial charge < -0.3 is 10.4 Å². The quantitative estimate of drug-likeness (QED) is 0.304. The molecule has 1 atom stereocenters. The van der Waals surface area contributed by atoms with Crippen molar-refractivity contribution in [1.29, 1.82) is 0 Å². The zero-order chi connectivity index (χ0) is 22.7. The molecule has 4 aromatic carbocycles. The normalized spacial score (nSPS) is 11.7. The van der Waals surface area contributed by atoms with E-state index < -0.39 is 5.97 Å². The summed E-state index contributed by atoms with van der Waals surface area (Å²) < 4.78 is 0. The number of carboxylic acid groups (broad SMARTS) is 1. The van der Waals surface area contributed by atoms with Crippen LogP contribution in [-0.2, 0) is 0 Å². The molecule has 2 N–H and O–H groups in total. The Kier molecular flexibility index (Phi) is 6.50. The highest BCUT2D eigenvalue weighted by Gasteiger charge is 2.14. The Morgan fingerprint density at radius 3 is 1.88 bits per heavy atom. The van der Waals surface area contributed by atoms with E-state index in [2.05, 4.69) is 36.5 Å². The third-order valence-corrected chi connectivity index (χ3v) is 5.86. The second kappa shape index (κ2) is 9.47. The van der Waals surface area contributed by atoms with E-state index in [1.54, 1.807) is 12.1 Å². The molecule has 0 spiro atoms. The van der Waals surface area contributed by atoms with Crippen molar-refractivity contribution in [3.05, 3.63) is 112 Å². The molecule has 0 fully saturated rings. The number of halogens is 2. The molecule has 0 aliphatic rings. The number of anilines is 1. The lowest BCUT2D eigenvalue weighted by Crippen LogP contribution is -2.08. The molecule has 0 saturated heterocycles. The topological polar surface area (TPSA) is 49.3 Å². The summed E-state index contributed by atoms with van der Waals surface area (Å²) in [5, 5.41) is 14.1. The minimum Gasteiger partial charge on any atom is -0.478 e. The van der Waals surface area contributed by atoms with Crippen molar-refractivity contribution in [1.82, 2.24) is 0 Å². The minimum absolute atomic E-state index is 0.00259. The highest BCUT2D eigenvalue weighted by atomic mass is 35.5. The average molecular weight is 462 g/mol. The molecule has 1 unspecified atom stereocenters. The van der Waals surface area contributed by atoms with Crippen molar-refractivity contribution >= 4 is 34.9 Å². The Morgan fingerprint density at radius 2 is 1.28 bits per heavy atom. The van der Waals surface area contributed by atoms with Gasteiger partial charge in [0.2, 0.25) is 0 Å². The minimum atomic E-state index is -0.944. The number of carbonyl (C=O) groups is 1. The van der Waals surface area contributed by atoms with Crippen molar-refractivity contribution < 1.29 is 9.90 Å². The van der Waals surface area contributed by atoms with Crippen LogP contribution in [0.1, 0.15) is 28.9 Å². The lowest BCUT2D eigenvalue weighted by atomic mass is 9.94. The Hall–Kier alpha value is -3.27. The lowest BCUT2D eigenvalue weighted by Gasteiger charge is -2.20. The molecule has 0 aromatic heterocycles. The van der Waals surface area contributed by atoms with E-state index in [0.29, 0.717) is 5.02 Å². The van der Waals surface area contributed by atoms with E-state index in [-0.39, 0.29) is 11.6 Å². The van der Waals surface area contributed by atoms with Crippen LogP contribution in [0.15, 0.2) is 91.0 Å². The van der Waals surface area contributed by atoms with Gasteiger partial charge in [-0.05, 0) is 83.3 Å². The largest absolute Gasteiger partial charge is 0.478 e. The molecule has 5 heteroatoms. The monoisotopic (exact) mass is 461 g/mol. The van der Waals surface area contributed by atoms with E-state index in [9.17, 15) is 4.79 Å². The summed E-state index contributed by atoms with van der Waals surface area (Å²) in [5.74, 6) is -0.944. The summed E-state index contributed by atoms with van der Waals surface area (Å²) in [6.07, 6.45) is 0. The van der Waals surface area contributed by atoms with Crippen LogP contribution in [0.2, 0.25) is 10.0 Å². The predicted molar refractivity (Wildman–Crippen MR) is 133 cm³/mol. The summed E-state index contributed by atoms with van der Waals surface area (Å²) in [4.78, 5) is 11.2. The van der Waals surface area contributed by atoms with E-state index >= 15 is 0 Å². The molecule has 0 heterocycles. The van der Waals surface area contributed by atoms with Gasteiger partial charge in [-0.3, -0.25) is 0 Å². The van der Waals surface area contributed by atoms with Gasteiger partial charge in [0.25, 0.3) is 0 Å². The Labute approximate surface area is 197 Å². The van der Waals surface area contributed by atoms with Crippen molar-refractivity contribution in [2.24, 2.45) is 0 Å². The molecule has 3 nitrogen and oxygen atoms in total. The molecule has 4 rings (SSSR count). The van der Waals surface area contributed by atoms with E-state index in [0.717, 1.165) is 38.5 Å². The standard InChI is InChI=1S/C27H21Cl2NO2/c1-17(30-24-13-8-19(9-14-24)18-6-10-22(28)11-7-18)25-15-12-23(29)16-26(25)20-2-4-21(5-3-20)27(31)32/h2-17,30H,1H3,(H,31,32). The molecule has 32 heavy (non-hydrogen) atoms. The first-order valence-electron chi connectivity index (χ1n) is 10.2. The summed E-state index contributed by atoms with van der Waals surface area (Å²) in [6.45, 7) is 2.09. The van der Waals surface area contributed by atoms with Crippen molar-refractivity contribution in [2.45, 2.75) is 13.0 Å². The zero-order valence-corrected chi connectivity index (χ0v) is 18.9. The third kappa shape index (κ3) is 4.96. The van der Waals surface area contributed by atoms with Gasteiger partial charge in [-0.2, -0.15) is 0 Å². The van der Waals surface area contributed by atoms with Crippen molar-refractivity contribution in [3.8, 4) is 22.3 Å². The number of hydrogen-bond acceptors (Lipinski definition) is 2. The fourth-order valence-electron chi connectivity index (χ4n) is 3.68. The second-order valence-electron chi connectivity index (χ2n) is 7.56. The average Bonchev–Trinajstić information content (AvgIpc) is 2.80. The van der Waals surface area contributed by atoms with Crippen LogP contribution < -0.4 is 5.32 Å². The third-order valence-electron chi connectivity index (χ3n) is 5.37. The Bertz CT molecular complexity index is 1230.